The lowest BCUT2D eigenvalue weighted by Gasteiger charge is -2.18. The van der Waals surface area contributed by atoms with Crippen molar-refractivity contribution in [2.45, 2.75) is 406 Å². The zero-order valence-corrected chi connectivity index (χ0v) is 51.8. The summed E-state index contributed by atoms with van der Waals surface area (Å²) >= 11 is 0. The van der Waals surface area contributed by atoms with Crippen LogP contribution in [0.3, 0.4) is 0 Å². The SMILES string of the molecule is CCCCCCCCC/C=C\CCCCCCCC(=O)OC(COC(=O)CCCCCCCCCCCCC)COC(=O)CCCCCCCCCCCCCCCCCCCCCCCCCCCCCCCCC. The molecule has 0 heterocycles. The van der Waals surface area contributed by atoms with E-state index in [0.717, 1.165) is 64.2 Å². The first kappa shape index (κ1) is 74.2. The summed E-state index contributed by atoms with van der Waals surface area (Å²) in [5.41, 5.74) is 0. The molecule has 6 nitrogen and oxygen atoms in total. The zero-order valence-electron chi connectivity index (χ0n) is 51.8. The molecule has 1 unspecified atom stereocenters. The van der Waals surface area contributed by atoms with E-state index in [9.17, 15) is 14.4 Å². The van der Waals surface area contributed by atoms with Crippen LogP contribution >= 0.6 is 0 Å². The molecule has 450 valence electrons. The molecule has 0 amide bonds. The molecule has 6 heteroatoms. The summed E-state index contributed by atoms with van der Waals surface area (Å²) in [5, 5.41) is 0. The van der Waals surface area contributed by atoms with E-state index in [1.54, 1.807) is 0 Å². The fraction of sp³-hybridized carbons (Fsp3) is 0.929. The molecule has 76 heavy (non-hydrogen) atoms. The largest absolute Gasteiger partial charge is 0.462 e. The van der Waals surface area contributed by atoms with Gasteiger partial charge in [0.15, 0.2) is 6.10 Å². The second-order valence-corrected chi connectivity index (χ2v) is 23.8. The smallest absolute Gasteiger partial charge is 0.306 e. The molecule has 0 fully saturated rings. The normalized spacial score (nSPS) is 12.0. The maximum atomic E-state index is 12.9. The summed E-state index contributed by atoms with van der Waals surface area (Å²) in [6.07, 6.45) is 78.3. The van der Waals surface area contributed by atoms with E-state index in [4.69, 9.17) is 14.2 Å². The fourth-order valence-electron chi connectivity index (χ4n) is 10.8. The Labute approximate surface area is 475 Å². The third-order valence-corrected chi connectivity index (χ3v) is 16.0. The second-order valence-electron chi connectivity index (χ2n) is 23.8. The molecule has 0 N–H and O–H groups in total. The highest BCUT2D eigenvalue weighted by Gasteiger charge is 2.19. The summed E-state index contributed by atoms with van der Waals surface area (Å²) in [4.78, 5) is 38.3. The van der Waals surface area contributed by atoms with Gasteiger partial charge in [-0.25, -0.2) is 0 Å². The maximum absolute atomic E-state index is 12.9. The van der Waals surface area contributed by atoms with Crippen LogP contribution in [0, 0.1) is 0 Å². The standard InChI is InChI=1S/C70H134O6/c1-4-7-10-13-16-19-22-24-26-28-29-30-31-32-33-34-35-36-37-38-39-40-41-42-44-45-48-51-54-57-60-63-69(72)75-66-67(65-74-68(71)62-59-56-53-50-47-21-18-15-12-9-6-3)76-70(73)64-61-58-55-52-49-46-43-27-25-23-20-17-14-11-8-5-2/h27,43,67H,4-26,28-42,44-66H2,1-3H3/b43-27-. The highest BCUT2D eigenvalue weighted by Crippen LogP contribution is 2.19. The summed E-state index contributed by atoms with van der Waals surface area (Å²) in [7, 11) is 0. The summed E-state index contributed by atoms with van der Waals surface area (Å²) in [6, 6.07) is 0. The minimum Gasteiger partial charge on any atom is -0.462 e. The number of esters is 3. The van der Waals surface area contributed by atoms with Crippen molar-refractivity contribution >= 4 is 17.9 Å². The Balaban J connectivity index is 4.06. The van der Waals surface area contributed by atoms with Crippen molar-refractivity contribution in [3.63, 3.8) is 0 Å². The number of hydrogen-bond donors (Lipinski definition) is 0. The van der Waals surface area contributed by atoms with Gasteiger partial charge in [0.05, 0.1) is 0 Å². The summed E-state index contributed by atoms with van der Waals surface area (Å²) in [6.45, 7) is 6.70. The van der Waals surface area contributed by atoms with Crippen LogP contribution in [0.4, 0.5) is 0 Å². The maximum Gasteiger partial charge on any atom is 0.306 e. The van der Waals surface area contributed by atoms with Crippen LogP contribution in [-0.4, -0.2) is 37.2 Å². The first-order valence-corrected chi connectivity index (χ1v) is 34.7. The average Bonchev–Trinajstić information content (AvgIpc) is 3.42. The number of unbranched alkanes of at least 4 members (excludes halogenated alkanes) is 52. The van der Waals surface area contributed by atoms with Gasteiger partial charge in [-0.15, -0.1) is 0 Å². The lowest BCUT2D eigenvalue weighted by Crippen LogP contribution is -2.30. The van der Waals surface area contributed by atoms with Crippen molar-refractivity contribution in [2.75, 3.05) is 13.2 Å². The van der Waals surface area contributed by atoms with Gasteiger partial charge < -0.3 is 14.2 Å². The molecule has 0 saturated carbocycles. The van der Waals surface area contributed by atoms with Gasteiger partial charge in [-0.05, 0) is 44.9 Å². The molecule has 0 aliphatic carbocycles. The Kier molecular flexibility index (Phi) is 64.1. The van der Waals surface area contributed by atoms with Gasteiger partial charge in [0.1, 0.15) is 13.2 Å². The number of rotatable bonds is 65. The molecular formula is C70H134O6. The molecule has 0 spiro atoms. The predicted molar refractivity (Wildman–Crippen MR) is 330 cm³/mol. The second kappa shape index (κ2) is 65.7. The number of carbonyl (C=O) groups is 3. The summed E-state index contributed by atoms with van der Waals surface area (Å²) in [5.74, 6) is -0.847. The molecule has 0 radical (unpaired) electrons. The molecule has 0 aromatic rings. The molecule has 0 saturated heterocycles. The van der Waals surface area contributed by atoms with Crippen molar-refractivity contribution in [3.05, 3.63) is 12.2 Å². The number of carbonyl (C=O) groups excluding carboxylic acids is 3. The van der Waals surface area contributed by atoms with Crippen LogP contribution in [0.15, 0.2) is 12.2 Å². The topological polar surface area (TPSA) is 78.9 Å². The van der Waals surface area contributed by atoms with Crippen molar-refractivity contribution in [1.82, 2.24) is 0 Å². The lowest BCUT2D eigenvalue weighted by molar-refractivity contribution is -0.167. The highest BCUT2D eigenvalue weighted by atomic mass is 16.6. The van der Waals surface area contributed by atoms with Crippen LogP contribution in [0.5, 0.6) is 0 Å². The van der Waals surface area contributed by atoms with Crippen molar-refractivity contribution < 1.29 is 28.6 Å². The van der Waals surface area contributed by atoms with E-state index in [1.165, 1.54) is 295 Å². The molecule has 0 rings (SSSR count). The van der Waals surface area contributed by atoms with Gasteiger partial charge >= 0.3 is 17.9 Å². The van der Waals surface area contributed by atoms with E-state index in [-0.39, 0.29) is 31.1 Å². The Morgan fingerprint density at radius 2 is 0.434 bits per heavy atom. The third kappa shape index (κ3) is 63.0. The quantitative estimate of drug-likeness (QED) is 0.0261. The Morgan fingerprint density at radius 1 is 0.250 bits per heavy atom. The van der Waals surface area contributed by atoms with Gasteiger partial charge in [-0.2, -0.15) is 0 Å². The highest BCUT2D eigenvalue weighted by molar-refractivity contribution is 5.71. The number of allylic oxidation sites excluding steroid dienone is 2. The minimum atomic E-state index is -0.770. The number of ether oxygens (including phenoxy) is 3. The van der Waals surface area contributed by atoms with Crippen LogP contribution in [0.2, 0.25) is 0 Å². The van der Waals surface area contributed by atoms with Gasteiger partial charge in [-0.3, -0.25) is 14.4 Å². The van der Waals surface area contributed by atoms with Gasteiger partial charge in [-0.1, -0.05) is 348 Å². The van der Waals surface area contributed by atoms with E-state index in [2.05, 4.69) is 32.9 Å². The summed E-state index contributed by atoms with van der Waals surface area (Å²) < 4.78 is 16.9. The van der Waals surface area contributed by atoms with Crippen LogP contribution < -0.4 is 0 Å². The number of hydrogen-bond acceptors (Lipinski definition) is 6. The molecule has 1 atom stereocenters. The third-order valence-electron chi connectivity index (χ3n) is 16.0. The molecule has 0 aliphatic heterocycles. The van der Waals surface area contributed by atoms with Crippen molar-refractivity contribution in [3.8, 4) is 0 Å². The van der Waals surface area contributed by atoms with E-state index < -0.39 is 6.10 Å². The van der Waals surface area contributed by atoms with Crippen LogP contribution in [0.25, 0.3) is 0 Å². The molecule has 0 aliphatic rings. The predicted octanol–water partition coefficient (Wildman–Crippen LogP) is 23.6. The molecular weight excluding hydrogens is 937 g/mol. The van der Waals surface area contributed by atoms with Gasteiger partial charge in [0.2, 0.25) is 0 Å². The fourth-order valence-corrected chi connectivity index (χ4v) is 10.8. The van der Waals surface area contributed by atoms with Crippen molar-refractivity contribution in [1.29, 1.82) is 0 Å². The van der Waals surface area contributed by atoms with E-state index in [1.807, 2.05) is 0 Å². The molecule has 0 bridgehead atoms. The van der Waals surface area contributed by atoms with Crippen LogP contribution in [-0.2, 0) is 28.6 Å². The average molecular weight is 1070 g/mol. The first-order valence-electron chi connectivity index (χ1n) is 34.7. The van der Waals surface area contributed by atoms with Crippen molar-refractivity contribution in [2.24, 2.45) is 0 Å². The van der Waals surface area contributed by atoms with Gasteiger partial charge in [0.25, 0.3) is 0 Å². The zero-order chi connectivity index (χ0) is 55.0. The Bertz CT molecular complexity index is 1180. The molecule has 0 aromatic carbocycles. The molecule has 0 aromatic heterocycles. The first-order chi connectivity index (χ1) is 37.5. The minimum absolute atomic E-state index is 0.0671. The van der Waals surface area contributed by atoms with Crippen LogP contribution in [0.1, 0.15) is 400 Å². The Hall–Kier alpha value is -1.85. The lowest BCUT2D eigenvalue weighted by atomic mass is 10.0. The Morgan fingerprint density at radius 3 is 0.658 bits per heavy atom. The van der Waals surface area contributed by atoms with Gasteiger partial charge in [0, 0.05) is 19.3 Å². The van der Waals surface area contributed by atoms with E-state index in [0.29, 0.717) is 19.3 Å². The van der Waals surface area contributed by atoms with E-state index >= 15 is 0 Å². The monoisotopic (exact) mass is 1070 g/mol.